The molecule has 1 aromatic rings. The van der Waals surface area contributed by atoms with Crippen LogP contribution in [0.15, 0.2) is 24.3 Å². The molecule has 0 aliphatic carbocycles. The molecule has 0 aliphatic rings. The van der Waals surface area contributed by atoms with E-state index in [1.54, 1.807) is 19.1 Å². The summed E-state index contributed by atoms with van der Waals surface area (Å²) in [6, 6.07) is 7.24. The molecular weight excluding hydrogens is 339 g/mol. The second-order valence-corrected chi connectivity index (χ2v) is 6.72. The Bertz CT molecular complexity index is 513. The van der Waals surface area contributed by atoms with Crippen LogP contribution in [0.4, 0.5) is 0 Å². The first-order chi connectivity index (χ1) is 12.0. The molecule has 0 saturated heterocycles. The van der Waals surface area contributed by atoms with Crippen LogP contribution in [0.5, 0.6) is 5.75 Å². The Morgan fingerprint density at radius 1 is 1.00 bits per heavy atom. The van der Waals surface area contributed by atoms with Crippen LogP contribution in [0.3, 0.4) is 0 Å². The van der Waals surface area contributed by atoms with E-state index < -0.39 is 6.10 Å². The number of hydrogen-bond donors (Lipinski definition) is 1. The molecule has 0 aliphatic heterocycles. The molecule has 1 rings (SSSR count). The van der Waals surface area contributed by atoms with Gasteiger partial charge in [-0.3, -0.25) is 4.79 Å². The number of hydrogen-bond acceptors (Lipinski definition) is 4. The van der Waals surface area contributed by atoms with Gasteiger partial charge in [-0.25, -0.2) is 0 Å². The molecular formula is C21H33NaO4. The van der Waals surface area contributed by atoms with Crippen molar-refractivity contribution in [2.24, 2.45) is 0 Å². The number of carbonyl (C=O) groups is 2. The summed E-state index contributed by atoms with van der Waals surface area (Å²) in [5, 5.41) is 9.93. The van der Waals surface area contributed by atoms with Gasteiger partial charge in [-0.15, -0.1) is 0 Å². The molecule has 1 atom stereocenters. The van der Waals surface area contributed by atoms with E-state index in [0.29, 0.717) is 25.0 Å². The number of esters is 1. The van der Waals surface area contributed by atoms with Gasteiger partial charge >= 0.3 is 35.5 Å². The third-order valence-corrected chi connectivity index (χ3v) is 4.24. The molecule has 0 heterocycles. The SMILES string of the molecule is CCCCCCCC(O)CCC(=O)Oc1ccc(CCC(C)=O)cc1.[NaH]. The molecule has 1 unspecified atom stereocenters. The average Bonchev–Trinajstić information content (AvgIpc) is 2.59. The fraction of sp³-hybridized carbons (Fsp3) is 0.619. The number of rotatable bonds is 13. The molecule has 4 nitrogen and oxygen atoms in total. The number of unbranched alkanes of at least 4 members (excludes halogenated alkanes) is 4. The van der Waals surface area contributed by atoms with Crippen molar-refractivity contribution >= 4 is 41.3 Å². The molecule has 1 aromatic carbocycles. The first-order valence-electron chi connectivity index (χ1n) is 9.48. The van der Waals surface area contributed by atoms with E-state index >= 15 is 0 Å². The third kappa shape index (κ3) is 12.6. The summed E-state index contributed by atoms with van der Waals surface area (Å²) in [5.41, 5.74) is 1.05. The van der Waals surface area contributed by atoms with Gasteiger partial charge in [0.2, 0.25) is 0 Å². The van der Waals surface area contributed by atoms with Gasteiger partial charge in [-0.1, -0.05) is 51.2 Å². The predicted octanol–water partition coefficient (Wildman–Crippen LogP) is 3.97. The van der Waals surface area contributed by atoms with Crippen molar-refractivity contribution in [1.82, 2.24) is 0 Å². The zero-order valence-electron chi connectivity index (χ0n) is 15.6. The molecule has 0 bridgehead atoms. The molecule has 26 heavy (non-hydrogen) atoms. The van der Waals surface area contributed by atoms with Crippen LogP contribution in [0.25, 0.3) is 0 Å². The van der Waals surface area contributed by atoms with Crippen molar-refractivity contribution in [3.05, 3.63) is 29.8 Å². The number of aryl methyl sites for hydroxylation is 1. The predicted molar refractivity (Wildman–Crippen MR) is 107 cm³/mol. The summed E-state index contributed by atoms with van der Waals surface area (Å²) < 4.78 is 5.29. The monoisotopic (exact) mass is 372 g/mol. The molecule has 1 N–H and O–H groups in total. The topological polar surface area (TPSA) is 63.6 Å². The van der Waals surface area contributed by atoms with Gasteiger partial charge in [0.25, 0.3) is 0 Å². The van der Waals surface area contributed by atoms with Gasteiger partial charge in [0, 0.05) is 12.8 Å². The van der Waals surface area contributed by atoms with Crippen LogP contribution in [-0.4, -0.2) is 52.5 Å². The van der Waals surface area contributed by atoms with Crippen molar-refractivity contribution in [2.45, 2.75) is 84.2 Å². The number of ether oxygens (including phenoxy) is 1. The minimum atomic E-state index is -0.428. The van der Waals surface area contributed by atoms with E-state index in [1.807, 2.05) is 12.1 Å². The Kier molecular flexibility index (Phi) is 15.0. The fourth-order valence-electron chi connectivity index (χ4n) is 2.64. The van der Waals surface area contributed by atoms with E-state index in [0.717, 1.165) is 24.8 Å². The quantitative estimate of drug-likeness (QED) is 0.246. The molecule has 0 saturated carbocycles. The molecule has 5 heteroatoms. The number of Topliss-reactive ketones (excluding diaryl/α,β-unsaturated/α-hetero) is 1. The van der Waals surface area contributed by atoms with E-state index in [2.05, 4.69) is 6.92 Å². The van der Waals surface area contributed by atoms with Gasteiger partial charge in [0.15, 0.2) is 0 Å². The van der Waals surface area contributed by atoms with E-state index in [4.69, 9.17) is 4.74 Å². The fourth-order valence-corrected chi connectivity index (χ4v) is 2.64. The summed E-state index contributed by atoms with van der Waals surface area (Å²) in [6.45, 7) is 3.76. The zero-order valence-corrected chi connectivity index (χ0v) is 15.6. The number of aliphatic hydroxyl groups is 1. The number of carbonyl (C=O) groups excluding carboxylic acids is 2. The number of ketones is 1. The Morgan fingerprint density at radius 2 is 1.65 bits per heavy atom. The van der Waals surface area contributed by atoms with Gasteiger partial charge < -0.3 is 14.6 Å². The molecule has 0 aromatic heterocycles. The molecule has 0 fully saturated rings. The van der Waals surface area contributed by atoms with Crippen molar-refractivity contribution in [2.75, 3.05) is 0 Å². The van der Waals surface area contributed by atoms with E-state index in [9.17, 15) is 14.7 Å². The standard InChI is InChI=1S/C21H32O4.Na.H/c1-3-4-5-6-7-8-19(23)13-16-21(24)25-20-14-11-18(12-15-20)10-9-17(2)22;;/h11-12,14-15,19,23H,3-10,13,16H2,1-2H3;;. The van der Waals surface area contributed by atoms with Crippen molar-refractivity contribution < 1.29 is 19.4 Å². The Hall–Kier alpha value is -0.680. The summed E-state index contributed by atoms with van der Waals surface area (Å²) in [5.74, 6) is 0.353. The molecule has 0 radical (unpaired) electrons. The van der Waals surface area contributed by atoms with E-state index in [1.165, 1.54) is 19.3 Å². The van der Waals surface area contributed by atoms with Gasteiger partial charge in [-0.05, 0) is 43.9 Å². The average molecular weight is 372 g/mol. The number of benzene rings is 1. The first kappa shape index (κ1) is 25.3. The second kappa shape index (κ2) is 15.4. The van der Waals surface area contributed by atoms with Crippen LogP contribution >= 0.6 is 0 Å². The Balaban J connectivity index is 0.00000625. The van der Waals surface area contributed by atoms with Crippen molar-refractivity contribution in [3.8, 4) is 5.75 Å². The van der Waals surface area contributed by atoms with Crippen LogP contribution in [0, 0.1) is 0 Å². The summed E-state index contributed by atoms with van der Waals surface area (Å²) in [6.07, 6.45) is 8.05. The first-order valence-corrected chi connectivity index (χ1v) is 9.48. The van der Waals surface area contributed by atoms with Gasteiger partial charge in [-0.2, -0.15) is 0 Å². The molecule has 142 valence electrons. The van der Waals surface area contributed by atoms with Gasteiger partial charge in [0.05, 0.1) is 6.10 Å². The minimum absolute atomic E-state index is 0. The summed E-state index contributed by atoms with van der Waals surface area (Å²) in [4.78, 5) is 22.8. The van der Waals surface area contributed by atoms with Crippen LogP contribution in [0.2, 0.25) is 0 Å². The maximum atomic E-state index is 11.9. The van der Waals surface area contributed by atoms with Crippen molar-refractivity contribution in [3.63, 3.8) is 0 Å². The maximum absolute atomic E-state index is 11.9. The Morgan fingerprint density at radius 3 is 2.27 bits per heavy atom. The third-order valence-electron chi connectivity index (χ3n) is 4.24. The molecule has 0 spiro atoms. The van der Waals surface area contributed by atoms with Crippen LogP contribution in [0.1, 0.15) is 77.2 Å². The van der Waals surface area contributed by atoms with Crippen LogP contribution < -0.4 is 4.74 Å². The summed E-state index contributed by atoms with van der Waals surface area (Å²) >= 11 is 0. The normalized spacial score (nSPS) is 11.5. The van der Waals surface area contributed by atoms with E-state index in [-0.39, 0.29) is 47.7 Å². The van der Waals surface area contributed by atoms with Gasteiger partial charge in [0.1, 0.15) is 11.5 Å². The second-order valence-electron chi connectivity index (χ2n) is 6.72. The van der Waals surface area contributed by atoms with Crippen LogP contribution in [-0.2, 0) is 16.0 Å². The number of aliphatic hydroxyl groups excluding tert-OH is 1. The Labute approximate surface area is 180 Å². The molecule has 0 amide bonds. The summed E-state index contributed by atoms with van der Waals surface area (Å²) in [7, 11) is 0. The van der Waals surface area contributed by atoms with Crippen molar-refractivity contribution in [1.29, 1.82) is 0 Å². The zero-order chi connectivity index (χ0) is 18.5.